The van der Waals surface area contributed by atoms with Gasteiger partial charge in [-0.1, -0.05) is 12.1 Å². The molecule has 4 rings (SSSR count). The third kappa shape index (κ3) is 2.06. The predicted molar refractivity (Wildman–Crippen MR) is 80.3 cm³/mol. The summed E-state index contributed by atoms with van der Waals surface area (Å²) in [5.41, 5.74) is 1.48. The second kappa shape index (κ2) is 4.83. The van der Waals surface area contributed by atoms with Crippen molar-refractivity contribution in [3.8, 4) is 0 Å². The van der Waals surface area contributed by atoms with Crippen LogP contribution in [0.25, 0.3) is 11.0 Å². The van der Waals surface area contributed by atoms with E-state index in [9.17, 15) is 14.4 Å². The Hall–Kier alpha value is -2.37. The van der Waals surface area contributed by atoms with Gasteiger partial charge in [-0.3, -0.25) is 24.0 Å². The first-order valence-electron chi connectivity index (χ1n) is 7.68. The molecular weight excluding hydrogens is 282 g/mol. The SMILES string of the molecule is O=C1CCC(n2c(=O)n(CC3CC3)c3ccccc32)C(=O)N1. The second-order valence-corrected chi connectivity index (χ2v) is 6.16. The smallest absolute Gasteiger partial charge is 0.295 e. The molecule has 1 aromatic carbocycles. The van der Waals surface area contributed by atoms with Crippen LogP contribution >= 0.6 is 0 Å². The van der Waals surface area contributed by atoms with Gasteiger partial charge in [-0.15, -0.1) is 0 Å². The van der Waals surface area contributed by atoms with Gasteiger partial charge in [0, 0.05) is 13.0 Å². The number of imide groups is 1. The zero-order valence-corrected chi connectivity index (χ0v) is 12.1. The Labute approximate surface area is 126 Å². The van der Waals surface area contributed by atoms with Crippen molar-refractivity contribution in [1.82, 2.24) is 14.5 Å². The van der Waals surface area contributed by atoms with Gasteiger partial charge in [0.2, 0.25) is 11.8 Å². The summed E-state index contributed by atoms with van der Waals surface area (Å²) in [6.45, 7) is 0.708. The molecule has 1 saturated heterocycles. The molecule has 1 N–H and O–H groups in total. The molecule has 114 valence electrons. The number of nitrogens with one attached hydrogen (secondary N) is 1. The van der Waals surface area contributed by atoms with Crippen molar-refractivity contribution < 1.29 is 9.59 Å². The first kappa shape index (κ1) is 13.3. The average molecular weight is 299 g/mol. The molecular formula is C16H17N3O3. The van der Waals surface area contributed by atoms with Crippen LogP contribution in [0.1, 0.15) is 31.7 Å². The molecule has 22 heavy (non-hydrogen) atoms. The molecule has 1 aromatic heterocycles. The minimum Gasteiger partial charge on any atom is -0.295 e. The number of fused-ring (bicyclic) bond motifs is 1. The third-order valence-electron chi connectivity index (χ3n) is 4.53. The van der Waals surface area contributed by atoms with Crippen LogP contribution in [-0.4, -0.2) is 20.9 Å². The quantitative estimate of drug-likeness (QED) is 0.865. The summed E-state index contributed by atoms with van der Waals surface area (Å²) >= 11 is 0. The molecule has 2 fully saturated rings. The van der Waals surface area contributed by atoms with E-state index in [2.05, 4.69) is 5.32 Å². The van der Waals surface area contributed by atoms with Gasteiger partial charge in [-0.25, -0.2) is 4.79 Å². The van der Waals surface area contributed by atoms with Crippen molar-refractivity contribution in [2.24, 2.45) is 5.92 Å². The molecule has 2 amide bonds. The largest absolute Gasteiger partial charge is 0.329 e. The molecule has 1 saturated carbocycles. The molecule has 0 radical (unpaired) electrons. The molecule has 2 aromatic rings. The highest BCUT2D eigenvalue weighted by Gasteiger charge is 2.32. The van der Waals surface area contributed by atoms with E-state index in [4.69, 9.17) is 0 Å². The molecule has 2 aliphatic rings. The van der Waals surface area contributed by atoms with Gasteiger partial charge in [0.05, 0.1) is 11.0 Å². The lowest BCUT2D eigenvalue weighted by Crippen LogP contribution is -2.44. The highest BCUT2D eigenvalue weighted by Crippen LogP contribution is 2.32. The maximum Gasteiger partial charge on any atom is 0.329 e. The Kier molecular flexibility index (Phi) is 2.92. The molecule has 0 bridgehead atoms. The van der Waals surface area contributed by atoms with Gasteiger partial charge in [-0.05, 0) is 37.3 Å². The number of carbonyl (C=O) groups is 2. The van der Waals surface area contributed by atoms with E-state index in [-0.39, 0.29) is 23.9 Å². The number of carbonyl (C=O) groups excluding carboxylic acids is 2. The number of para-hydroxylation sites is 2. The summed E-state index contributed by atoms with van der Waals surface area (Å²) in [5.74, 6) is -0.0811. The Morgan fingerprint density at radius 2 is 1.77 bits per heavy atom. The fourth-order valence-electron chi connectivity index (χ4n) is 3.20. The van der Waals surface area contributed by atoms with Crippen LogP contribution in [0.4, 0.5) is 0 Å². The maximum atomic E-state index is 12.8. The zero-order chi connectivity index (χ0) is 15.3. The van der Waals surface area contributed by atoms with Crippen LogP contribution in [0.3, 0.4) is 0 Å². The average Bonchev–Trinajstić information content (AvgIpc) is 3.27. The first-order chi connectivity index (χ1) is 10.6. The fourth-order valence-corrected chi connectivity index (χ4v) is 3.20. The Morgan fingerprint density at radius 3 is 2.45 bits per heavy atom. The fraction of sp³-hybridized carbons (Fsp3) is 0.438. The van der Waals surface area contributed by atoms with Crippen molar-refractivity contribution in [3.05, 3.63) is 34.7 Å². The maximum absolute atomic E-state index is 12.8. The monoisotopic (exact) mass is 299 g/mol. The number of rotatable bonds is 3. The van der Waals surface area contributed by atoms with Crippen LogP contribution in [0.2, 0.25) is 0 Å². The molecule has 1 atom stereocenters. The van der Waals surface area contributed by atoms with Gasteiger partial charge in [0.15, 0.2) is 0 Å². The van der Waals surface area contributed by atoms with Crippen molar-refractivity contribution >= 4 is 22.8 Å². The summed E-state index contributed by atoms with van der Waals surface area (Å²) < 4.78 is 3.33. The number of hydrogen-bond donors (Lipinski definition) is 1. The van der Waals surface area contributed by atoms with Gasteiger partial charge in [0.25, 0.3) is 0 Å². The lowest BCUT2D eigenvalue weighted by atomic mass is 10.1. The molecule has 1 unspecified atom stereocenters. The predicted octanol–water partition coefficient (Wildman–Crippen LogP) is 1.19. The van der Waals surface area contributed by atoms with Gasteiger partial charge in [0.1, 0.15) is 6.04 Å². The highest BCUT2D eigenvalue weighted by atomic mass is 16.2. The van der Waals surface area contributed by atoms with E-state index < -0.39 is 6.04 Å². The van der Waals surface area contributed by atoms with Crippen molar-refractivity contribution in [1.29, 1.82) is 0 Å². The molecule has 2 heterocycles. The van der Waals surface area contributed by atoms with Crippen LogP contribution < -0.4 is 11.0 Å². The van der Waals surface area contributed by atoms with E-state index in [1.54, 1.807) is 9.13 Å². The van der Waals surface area contributed by atoms with Crippen molar-refractivity contribution in [2.45, 2.75) is 38.3 Å². The molecule has 6 heteroatoms. The topological polar surface area (TPSA) is 73.1 Å². The number of nitrogens with zero attached hydrogens (tertiary/aromatic N) is 2. The van der Waals surface area contributed by atoms with Crippen LogP contribution in [0.15, 0.2) is 29.1 Å². The lowest BCUT2D eigenvalue weighted by molar-refractivity contribution is -0.135. The minimum atomic E-state index is -0.601. The van der Waals surface area contributed by atoms with Crippen molar-refractivity contribution in [3.63, 3.8) is 0 Å². The number of piperidine rings is 1. The van der Waals surface area contributed by atoms with E-state index in [1.165, 1.54) is 0 Å². The van der Waals surface area contributed by atoms with Crippen LogP contribution in [-0.2, 0) is 16.1 Å². The van der Waals surface area contributed by atoms with Gasteiger partial charge < -0.3 is 0 Å². The Bertz CT molecular complexity index is 829. The number of hydrogen-bond acceptors (Lipinski definition) is 3. The number of imidazole rings is 1. The molecule has 6 nitrogen and oxygen atoms in total. The molecule has 0 spiro atoms. The molecule has 1 aliphatic heterocycles. The second-order valence-electron chi connectivity index (χ2n) is 6.16. The number of amides is 2. The van der Waals surface area contributed by atoms with E-state index in [0.29, 0.717) is 18.9 Å². The molecule has 1 aliphatic carbocycles. The first-order valence-corrected chi connectivity index (χ1v) is 7.68. The Balaban J connectivity index is 1.86. The third-order valence-corrected chi connectivity index (χ3v) is 4.53. The lowest BCUT2D eigenvalue weighted by Gasteiger charge is -2.21. The standard InChI is InChI=1S/C16H17N3O3/c20-14-8-7-13(15(21)17-14)19-12-4-2-1-3-11(12)18(16(19)22)9-10-5-6-10/h1-4,10,13H,5-9H2,(H,17,20,21). The normalized spacial score (nSPS) is 22.1. The van der Waals surface area contributed by atoms with Gasteiger partial charge in [-0.2, -0.15) is 0 Å². The van der Waals surface area contributed by atoms with Crippen LogP contribution in [0, 0.1) is 5.92 Å². The summed E-state index contributed by atoms with van der Waals surface area (Å²) in [6, 6.07) is 6.95. The minimum absolute atomic E-state index is 0.150. The summed E-state index contributed by atoms with van der Waals surface area (Å²) in [4.78, 5) is 36.3. The summed E-state index contributed by atoms with van der Waals surface area (Å²) in [5, 5.41) is 2.34. The highest BCUT2D eigenvalue weighted by molar-refractivity contribution is 6.00. The van der Waals surface area contributed by atoms with E-state index in [1.807, 2.05) is 24.3 Å². The summed E-state index contributed by atoms with van der Waals surface area (Å²) in [6.07, 6.45) is 2.96. The van der Waals surface area contributed by atoms with E-state index in [0.717, 1.165) is 23.9 Å². The van der Waals surface area contributed by atoms with Crippen LogP contribution in [0.5, 0.6) is 0 Å². The van der Waals surface area contributed by atoms with E-state index >= 15 is 0 Å². The van der Waals surface area contributed by atoms with Crippen molar-refractivity contribution in [2.75, 3.05) is 0 Å². The zero-order valence-electron chi connectivity index (χ0n) is 12.1. The van der Waals surface area contributed by atoms with Gasteiger partial charge >= 0.3 is 5.69 Å². The Morgan fingerprint density at radius 1 is 1.05 bits per heavy atom. The number of aromatic nitrogens is 2. The number of benzene rings is 1. The summed E-state index contributed by atoms with van der Waals surface area (Å²) in [7, 11) is 0.